The van der Waals surface area contributed by atoms with Gasteiger partial charge in [-0.3, -0.25) is 0 Å². The van der Waals surface area contributed by atoms with Crippen LogP contribution >= 0.6 is 15.9 Å². The van der Waals surface area contributed by atoms with Gasteiger partial charge in [0.2, 0.25) is 0 Å². The molecule has 1 unspecified atom stereocenters. The SMILES string of the molecule is C[C@@H](O)c1ccc(N2CCN3C(=O)NCC3C2)c(Br)c1. The molecule has 3 rings (SSSR count). The smallest absolute Gasteiger partial charge is 0.317 e. The van der Waals surface area contributed by atoms with Crippen molar-refractivity contribution < 1.29 is 9.90 Å². The van der Waals surface area contributed by atoms with Crippen LogP contribution in [0.1, 0.15) is 18.6 Å². The lowest BCUT2D eigenvalue weighted by molar-refractivity contribution is 0.197. The van der Waals surface area contributed by atoms with E-state index < -0.39 is 6.10 Å². The molecule has 2 N–H and O–H groups in total. The van der Waals surface area contributed by atoms with Gasteiger partial charge in [-0.05, 0) is 40.5 Å². The number of carbonyl (C=O) groups is 1. The highest BCUT2D eigenvalue weighted by Gasteiger charge is 2.35. The molecule has 2 atom stereocenters. The molecule has 2 fully saturated rings. The number of nitrogens with one attached hydrogen (secondary N) is 1. The number of nitrogens with zero attached hydrogens (tertiary/aromatic N) is 2. The maximum Gasteiger partial charge on any atom is 0.317 e. The number of rotatable bonds is 2. The van der Waals surface area contributed by atoms with Crippen LogP contribution in [0.3, 0.4) is 0 Å². The van der Waals surface area contributed by atoms with Gasteiger partial charge in [0.25, 0.3) is 0 Å². The number of fused-ring (bicyclic) bond motifs is 1. The molecule has 0 aromatic heterocycles. The first-order valence-electron chi connectivity index (χ1n) is 6.83. The summed E-state index contributed by atoms with van der Waals surface area (Å²) in [5.41, 5.74) is 2.02. The second-order valence-corrected chi connectivity index (χ2v) is 6.22. The number of piperazine rings is 1. The fourth-order valence-corrected chi connectivity index (χ4v) is 3.51. The van der Waals surface area contributed by atoms with Crippen molar-refractivity contribution in [2.24, 2.45) is 0 Å². The Bertz CT molecular complexity index is 535. The zero-order valence-electron chi connectivity index (χ0n) is 11.3. The Labute approximate surface area is 126 Å². The van der Waals surface area contributed by atoms with Crippen LogP contribution in [0.4, 0.5) is 10.5 Å². The van der Waals surface area contributed by atoms with Crippen LogP contribution in [-0.4, -0.2) is 48.3 Å². The molecular formula is C14H18BrN3O2. The molecule has 1 aromatic rings. The highest BCUT2D eigenvalue weighted by molar-refractivity contribution is 9.10. The number of benzene rings is 1. The first-order chi connectivity index (χ1) is 9.56. The topological polar surface area (TPSA) is 55.8 Å². The molecule has 2 aliphatic heterocycles. The number of hydrogen-bond acceptors (Lipinski definition) is 3. The summed E-state index contributed by atoms with van der Waals surface area (Å²) in [6.45, 7) is 4.90. The number of carbonyl (C=O) groups excluding carboxylic acids is 1. The summed E-state index contributed by atoms with van der Waals surface area (Å²) in [5.74, 6) is 0. The lowest BCUT2D eigenvalue weighted by Gasteiger charge is -2.38. The molecule has 0 saturated carbocycles. The molecular weight excluding hydrogens is 322 g/mol. The van der Waals surface area contributed by atoms with E-state index in [1.807, 2.05) is 23.1 Å². The standard InChI is InChI=1S/C14H18BrN3O2/c1-9(19)10-2-3-13(12(15)6-10)17-4-5-18-11(8-17)7-16-14(18)20/h2-3,6,9,11,19H,4-5,7-8H2,1H3,(H,16,20)/t9-,11?/m1/s1. The Hall–Kier alpha value is -1.27. The van der Waals surface area contributed by atoms with Crippen LogP contribution < -0.4 is 10.2 Å². The molecule has 0 radical (unpaired) electrons. The van der Waals surface area contributed by atoms with Gasteiger partial charge in [-0.2, -0.15) is 0 Å². The van der Waals surface area contributed by atoms with Crippen LogP contribution in [0.15, 0.2) is 22.7 Å². The molecule has 2 saturated heterocycles. The second-order valence-electron chi connectivity index (χ2n) is 5.37. The van der Waals surface area contributed by atoms with Gasteiger partial charge in [0, 0.05) is 30.7 Å². The van der Waals surface area contributed by atoms with Gasteiger partial charge in [-0.1, -0.05) is 6.07 Å². The lowest BCUT2D eigenvalue weighted by atomic mass is 10.1. The quantitative estimate of drug-likeness (QED) is 0.862. The van der Waals surface area contributed by atoms with Crippen LogP contribution in [0.2, 0.25) is 0 Å². The summed E-state index contributed by atoms with van der Waals surface area (Å²) in [6, 6.07) is 6.25. The van der Waals surface area contributed by atoms with E-state index in [9.17, 15) is 9.90 Å². The number of aliphatic hydroxyl groups excluding tert-OH is 1. The largest absolute Gasteiger partial charge is 0.389 e. The maximum absolute atomic E-state index is 11.6. The molecule has 0 aliphatic carbocycles. The van der Waals surface area contributed by atoms with E-state index in [1.165, 1.54) is 0 Å². The number of urea groups is 1. The van der Waals surface area contributed by atoms with Crippen molar-refractivity contribution in [2.75, 3.05) is 31.1 Å². The van der Waals surface area contributed by atoms with Crippen molar-refractivity contribution >= 4 is 27.6 Å². The molecule has 2 heterocycles. The van der Waals surface area contributed by atoms with Gasteiger partial charge in [0.05, 0.1) is 17.8 Å². The minimum absolute atomic E-state index is 0.0539. The average molecular weight is 340 g/mol. The third-order valence-electron chi connectivity index (χ3n) is 4.03. The Balaban J connectivity index is 1.79. The van der Waals surface area contributed by atoms with Gasteiger partial charge < -0.3 is 20.2 Å². The van der Waals surface area contributed by atoms with E-state index in [-0.39, 0.29) is 12.1 Å². The Morgan fingerprint density at radius 1 is 1.45 bits per heavy atom. The number of amides is 2. The Morgan fingerprint density at radius 3 is 2.95 bits per heavy atom. The molecule has 0 spiro atoms. The minimum atomic E-state index is -0.464. The zero-order chi connectivity index (χ0) is 14.3. The van der Waals surface area contributed by atoms with Gasteiger partial charge in [-0.25, -0.2) is 4.79 Å². The van der Waals surface area contributed by atoms with Crippen molar-refractivity contribution in [3.63, 3.8) is 0 Å². The van der Waals surface area contributed by atoms with E-state index in [0.717, 1.165) is 41.9 Å². The average Bonchev–Trinajstić information content (AvgIpc) is 2.79. The van der Waals surface area contributed by atoms with Crippen molar-refractivity contribution in [3.05, 3.63) is 28.2 Å². The normalized spacial score (nSPS) is 23.6. The molecule has 2 amide bonds. The predicted molar refractivity (Wildman–Crippen MR) is 80.9 cm³/mol. The fraction of sp³-hybridized carbons (Fsp3) is 0.500. The monoisotopic (exact) mass is 339 g/mol. The second kappa shape index (κ2) is 5.26. The van der Waals surface area contributed by atoms with E-state index in [0.29, 0.717) is 0 Å². The van der Waals surface area contributed by atoms with Crippen LogP contribution in [-0.2, 0) is 0 Å². The first kappa shape index (κ1) is 13.7. The van der Waals surface area contributed by atoms with Crippen molar-refractivity contribution in [3.8, 4) is 0 Å². The number of anilines is 1. The molecule has 108 valence electrons. The van der Waals surface area contributed by atoms with E-state index in [2.05, 4.69) is 26.1 Å². The molecule has 6 heteroatoms. The van der Waals surface area contributed by atoms with Crippen molar-refractivity contribution in [1.29, 1.82) is 0 Å². The van der Waals surface area contributed by atoms with E-state index in [1.54, 1.807) is 6.92 Å². The summed E-state index contributed by atoms with van der Waals surface area (Å²) < 4.78 is 0.988. The minimum Gasteiger partial charge on any atom is -0.389 e. The zero-order valence-corrected chi connectivity index (χ0v) is 12.9. The van der Waals surface area contributed by atoms with E-state index in [4.69, 9.17) is 0 Å². The summed E-state index contributed by atoms with van der Waals surface area (Å²) >= 11 is 3.59. The van der Waals surface area contributed by atoms with Crippen LogP contribution in [0.25, 0.3) is 0 Å². The Kier molecular flexibility index (Phi) is 3.60. The number of halogens is 1. The van der Waals surface area contributed by atoms with Gasteiger partial charge in [0.1, 0.15) is 0 Å². The van der Waals surface area contributed by atoms with Gasteiger partial charge in [-0.15, -0.1) is 0 Å². The van der Waals surface area contributed by atoms with Gasteiger partial charge in [0.15, 0.2) is 0 Å². The third kappa shape index (κ3) is 2.38. The van der Waals surface area contributed by atoms with Crippen LogP contribution in [0, 0.1) is 0 Å². The Morgan fingerprint density at radius 2 is 2.25 bits per heavy atom. The van der Waals surface area contributed by atoms with Crippen molar-refractivity contribution in [2.45, 2.75) is 19.1 Å². The van der Waals surface area contributed by atoms with E-state index >= 15 is 0 Å². The molecule has 2 aliphatic rings. The maximum atomic E-state index is 11.6. The number of hydrogen-bond donors (Lipinski definition) is 2. The molecule has 0 bridgehead atoms. The summed E-state index contributed by atoms with van der Waals surface area (Å²) in [6.07, 6.45) is -0.464. The fourth-order valence-electron chi connectivity index (χ4n) is 2.86. The number of aliphatic hydroxyl groups is 1. The summed E-state index contributed by atoms with van der Waals surface area (Å²) in [5, 5.41) is 12.5. The molecule has 5 nitrogen and oxygen atoms in total. The lowest BCUT2D eigenvalue weighted by Crippen LogP contribution is -2.52. The van der Waals surface area contributed by atoms with Crippen LogP contribution in [0.5, 0.6) is 0 Å². The third-order valence-corrected chi connectivity index (χ3v) is 4.66. The van der Waals surface area contributed by atoms with Gasteiger partial charge >= 0.3 is 6.03 Å². The predicted octanol–water partition coefficient (Wildman–Crippen LogP) is 1.72. The highest BCUT2D eigenvalue weighted by atomic mass is 79.9. The summed E-state index contributed by atoms with van der Waals surface area (Å²) in [7, 11) is 0. The van der Waals surface area contributed by atoms with Crippen molar-refractivity contribution in [1.82, 2.24) is 10.2 Å². The highest BCUT2D eigenvalue weighted by Crippen LogP contribution is 2.31. The summed E-state index contributed by atoms with van der Waals surface area (Å²) in [4.78, 5) is 15.8. The molecule has 1 aromatic carbocycles. The first-order valence-corrected chi connectivity index (χ1v) is 7.62. The molecule has 20 heavy (non-hydrogen) atoms.